The highest BCUT2D eigenvalue weighted by atomic mass is 35.5. The van der Waals surface area contributed by atoms with Gasteiger partial charge in [-0.05, 0) is 36.2 Å². The highest BCUT2D eigenvalue weighted by molar-refractivity contribution is 6.30. The third-order valence-electron chi connectivity index (χ3n) is 4.91. The summed E-state index contributed by atoms with van der Waals surface area (Å²) in [7, 11) is 1.89. The van der Waals surface area contributed by atoms with E-state index in [1.54, 1.807) is 6.20 Å². The van der Waals surface area contributed by atoms with Crippen LogP contribution < -0.4 is 5.32 Å². The number of nitrogens with zero attached hydrogens (tertiary/aromatic N) is 2. The minimum absolute atomic E-state index is 0.131. The molecular formula is C23H20ClN3O. The van der Waals surface area contributed by atoms with E-state index >= 15 is 0 Å². The number of amides is 1. The largest absolute Gasteiger partial charge is 0.347 e. The van der Waals surface area contributed by atoms with Crippen LogP contribution >= 0.6 is 11.6 Å². The summed E-state index contributed by atoms with van der Waals surface area (Å²) in [4.78, 5) is 17.2. The van der Waals surface area contributed by atoms with Crippen molar-refractivity contribution in [1.29, 1.82) is 0 Å². The van der Waals surface area contributed by atoms with E-state index in [4.69, 9.17) is 11.6 Å². The van der Waals surface area contributed by atoms with E-state index < -0.39 is 0 Å². The van der Waals surface area contributed by atoms with Gasteiger partial charge in [-0.2, -0.15) is 0 Å². The Morgan fingerprint density at radius 1 is 1.11 bits per heavy atom. The first kappa shape index (κ1) is 18.3. The zero-order valence-corrected chi connectivity index (χ0v) is 16.5. The lowest BCUT2D eigenvalue weighted by molar-refractivity contribution is 0.0943. The summed E-state index contributed by atoms with van der Waals surface area (Å²) in [6.45, 7) is 2.48. The number of rotatable bonds is 4. The average Bonchev–Trinajstić information content (AvgIpc) is 3.04. The van der Waals surface area contributed by atoms with Crippen molar-refractivity contribution >= 4 is 28.4 Å². The van der Waals surface area contributed by atoms with Crippen LogP contribution in [0.1, 0.15) is 21.6 Å². The maximum absolute atomic E-state index is 12.8. The molecule has 2 aromatic heterocycles. The second-order valence-electron chi connectivity index (χ2n) is 6.89. The van der Waals surface area contributed by atoms with Gasteiger partial charge >= 0.3 is 0 Å². The fraction of sp³-hybridized carbons (Fsp3) is 0.130. The van der Waals surface area contributed by atoms with Crippen molar-refractivity contribution in [2.24, 2.45) is 7.05 Å². The van der Waals surface area contributed by atoms with Crippen molar-refractivity contribution in [2.45, 2.75) is 13.5 Å². The Labute approximate surface area is 168 Å². The second-order valence-corrected chi connectivity index (χ2v) is 7.32. The summed E-state index contributed by atoms with van der Waals surface area (Å²) < 4.78 is 1.88. The third kappa shape index (κ3) is 3.51. The van der Waals surface area contributed by atoms with Crippen LogP contribution in [-0.2, 0) is 13.6 Å². The Hall–Kier alpha value is -3.11. The number of fused-ring (bicyclic) bond motifs is 1. The van der Waals surface area contributed by atoms with Crippen molar-refractivity contribution in [3.8, 4) is 11.1 Å². The van der Waals surface area contributed by atoms with Gasteiger partial charge in [-0.25, -0.2) is 0 Å². The van der Waals surface area contributed by atoms with Crippen LogP contribution in [0, 0.1) is 6.92 Å². The lowest BCUT2D eigenvalue weighted by Crippen LogP contribution is -2.24. The van der Waals surface area contributed by atoms with Gasteiger partial charge < -0.3 is 9.88 Å². The molecular weight excluding hydrogens is 370 g/mol. The smallest absolute Gasteiger partial charge is 0.268 e. The lowest BCUT2D eigenvalue weighted by atomic mass is 10.0. The van der Waals surface area contributed by atoms with Crippen LogP contribution in [0.3, 0.4) is 0 Å². The normalized spacial score (nSPS) is 11.0. The van der Waals surface area contributed by atoms with E-state index in [0.717, 1.165) is 27.6 Å². The molecule has 0 atom stereocenters. The van der Waals surface area contributed by atoms with E-state index in [1.165, 1.54) is 5.56 Å². The molecule has 0 aliphatic rings. The van der Waals surface area contributed by atoms with E-state index in [2.05, 4.69) is 41.5 Å². The van der Waals surface area contributed by atoms with Gasteiger partial charge in [0.2, 0.25) is 0 Å². The van der Waals surface area contributed by atoms with Gasteiger partial charge in [-0.1, -0.05) is 53.6 Å². The number of halogens is 1. The molecule has 5 heteroatoms. The Bertz CT molecular complexity index is 1160. The molecule has 1 amide bonds. The van der Waals surface area contributed by atoms with E-state index in [0.29, 0.717) is 17.3 Å². The first-order valence-corrected chi connectivity index (χ1v) is 9.44. The number of carbonyl (C=O) groups is 1. The molecule has 2 heterocycles. The van der Waals surface area contributed by atoms with Crippen LogP contribution in [0.4, 0.5) is 0 Å². The lowest BCUT2D eigenvalue weighted by Gasteiger charge is -2.07. The number of hydrogen-bond donors (Lipinski definition) is 1. The molecule has 4 aromatic rings. The SMILES string of the molecule is Cc1ccc(-c2cncc3c2cc(C(=O)NCc2cccc(Cl)c2)n3C)cc1. The van der Waals surface area contributed by atoms with Crippen molar-refractivity contribution in [3.63, 3.8) is 0 Å². The Morgan fingerprint density at radius 2 is 1.89 bits per heavy atom. The summed E-state index contributed by atoms with van der Waals surface area (Å²) in [5.74, 6) is -0.131. The first-order chi connectivity index (χ1) is 13.5. The molecule has 140 valence electrons. The van der Waals surface area contributed by atoms with Crippen molar-refractivity contribution in [1.82, 2.24) is 14.9 Å². The molecule has 0 unspecified atom stereocenters. The fourth-order valence-corrected chi connectivity index (χ4v) is 3.56. The number of benzene rings is 2. The van der Waals surface area contributed by atoms with E-state index in [1.807, 2.05) is 48.1 Å². The molecule has 0 radical (unpaired) electrons. The summed E-state index contributed by atoms with van der Waals surface area (Å²) in [5.41, 5.74) is 5.78. The van der Waals surface area contributed by atoms with E-state index in [-0.39, 0.29) is 5.91 Å². The molecule has 4 nitrogen and oxygen atoms in total. The minimum atomic E-state index is -0.131. The molecule has 0 bridgehead atoms. The fourth-order valence-electron chi connectivity index (χ4n) is 3.34. The number of aromatic nitrogens is 2. The maximum atomic E-state index is 12.8. The van der Waals surface area contributed by atoms with Crippen LogP contribution in [0.2, 0.25) is 5.02 Å². The molecule has 0 saturated carbocycles. The number of pyridine rings is 1. The number of hydrogen-bond acceptors (Lipinski definition) is 2. The van der Waals surface area contributed by atoms with Gasteiger partial charge in [0.05, 0.1) is 11.7 Å². The molecule has 1 N–H and O–H groups in total. The number of nitrogens with one attached hydrogen (secondary N) is 1. The summed E-state index contributed by atoms with van der Waals surface area (Å²) >= 11 is 6.02. The van der Waals surface area contributed by atoms with Gasteiger partial charge in [-0.3, -0.25) is 9.78 Å². The topological polar surface area (TPSA) is 46.9 Å². The zero-order valence-electron chi connectivity index (χ0n) is 15.7. The molecule has 0 spiro atoms. The van der Waals surface area contributed by atoms with Gasteiger partial charge in [0.25, 0.3) is 5.91 Å². The van der Waals surface area contributed by atoms with Crippen molar-refractivity contribution < 1.29 is 4.79 Å². The molecule has 28 heavy (non-hydrogen) atoms. The summed E-state index contributed by atoms with van der Waals surface area (Å²) in [6, 6.07) is 17.7. The average molecular weight is 390 g/mol. The van der Waals surface area contributed by atoms with Gasteiger partial charge in [0.15, 0.2) is 0 Å². The molecule has 0 aliphatic heterocycles. The minimum Gasteiger partial charge on any atom is -0.347 e. The van der Waals surface area contributed by atoms with Gasteiger partial charge in [0, 0.05) is 35.8 Å². The highest BCUT2D eigenvalue weighted by Gasteiger charge is 2.16. The van der Waals surface area contributed by atoms with Gasteiger partial charge in [-0.15, -0.1) is 0 Å². The standard InChI is InChI=1S/C23H20ClN3O/c1-15-6-8-17(9-7-15)20-13-25-14-22-19(20)11-21(27(22)2)23(28)26-12-16-4-3-5-18(24)10-16/h3-11,13-14H,12H2,1-2H3,(H,26,28). The van der Waals surface area contributed by atoms with Gasteiger partial charge in [0.1, 0.15) is 5.69 Å². The summed E-state index contributed by atoms with van der Waals surface area (Å²) in [6.07, 6.45) is 3.64. The van der Waals surface area contributed by atoms with Crippen molar-refractivity contribution in [2.75, 3.05) is 0 Å². The van der Waals surface area contributed by atoms with Crippen LogP contribution in [-0.4, -0.2) is 15.5 Å². The maximum Gasteiger partial charge on any atom is 0.268 e. The highest BCUT2D eigenvalue weighted by Crippen LogP contribution is 2.30. The van der Waals surface area contributed by atoms with Crippen LogP contribution in [0.25, 0.3) is 22.0 Å². The monoisotopic (exact) mass is 389 g/mol. The number of aryl methyl sites for hydroxylation is 2. The molecule has 0 aliphatic carbocycles. The number of carbonyl (C=O) groups excluding carboxylic acids is 1. The quantitative estimate of drug-likeness (QED) is 0.525. The third-order valence-corrected chi connectivity index (χ3v) is 5.14. The predicted molar refractivity (Wildman–Crippen MR) is 114 cm³/mol. The van der Waals surface area contributed by atoms with Crippen molar-refractivity contribution in [3.05, 3.63) is 88.8 Å². The first-order valence-electron chi connectivity index (χ1n) is 9.06. The van der Waals surface area contributed by atoms with Crippen LogP contribution in [0.15, 0.2) is 67.0 Å². The predicted octanol–water partition coefficient (Wildman–Crippen LogP) is 5.13. The molecule has 4 rings (SSSR count). The van der Waals surface area contributed by atoms with Crippen LogP contribution in [0.5, 0.6) is 0 Å². The second kappa shape index (κ2) is 7.49. The summed E-state index contributed by atoms with van der Waals surface area (Å²) in [5, 5.41) is 4.64. The Balaban J connectivity index is 1.66. The Morgan fingerprint density at radius 3 is 2.64 bits per heavy atom. The molecule has 2 aromatic carbocycles. The molecule has 0 fully saturated rings. The zero-order chi connectivity index (χ0) is 19.7. The van der Waals surface area contributed by atoms with E-state index in [9.17, 15) is 4.79 Å². The molecule has 0 saturated heterocycles. The Kier molecular flexibility index (Phi) is 4.88.